The average molecular weight is 1780 g/mol. The van der Waals surface area contributed by atoms with E-state index in [2.05, 4.69) is 91.6 Å². The van der Waals surface area contributed by atoms with Crippen molar-refractivity contribution in [2.45, 2.75) is 51.4 Å². The predicted molar refractivity (Wildman–Crippen MR) is 452 cm³/mol. The second-order valence-corrected chi connectivity index (χ2v) is 30.3. The van der Waals surface area contributed by atoms with E-state index in [1.54, 1.807) is 84.9 Å². The van der Waals surface area contributed by atoms with Crippen LogP contribution >= 0.6 is 24.1 Å². The third kappa shape index (κ3) is 32.1. The number of carboxylic acids is 4. The van der Waals surface area contributed by atoms with E-state index in [9.17, 15) is 65.5 Å². The van der Waals surface area contributed by atoms with Crippen LogP contribution < -0.4 is 50.8 Å². The third-order valence-electron chi connectivity index (χ3n) is 16.3. The Morgan fingerprint density at radius 2 is 0.565 bits per heavy atom. The standard InChI is InChI=1S/C76H78N20O24S4/c97-67(98)47-13-9-17-51(39-47)89-93-55-21-25-59(63(43-55)113-31-1-5-35-121-119-117-105)79-73-83-71(85-75(87-73)81-61-27-23-57(45-65(61)115-33-3-7-37-123(107,108)109)95-91-53-19-11-15-49(41-53)69(101)102)77-29-30-78-72-84-74(80-60-26-22-56(44-64(60)114-32-2-6-36-122-120-118-106)94-90-52-18-10-14-48(40-52)68(99)100)88-76(86-72)82-62-28-24-58(46-66(62)116-34-4-8-38-124(110,111)112)96-92-54-20-12-16-50(42-54)70(103)104/h9-28,39-46,105-106H,1-8,29-38H2,(H,97,98)(H,99,100)(H,101,102)(H,103,104)(H,107,108,109)(H,110,111,112)(H3,77,79,81,83,85,87)(H3,78,80,82,84,86,88). The fourth-order valence-corrected chi connectivity index (χ4v) is 12.6. The van der Waals surface area contributed by atoms with Crippen LogP contribution in [0, 0.1) is 0 Å². The Balaban J connectivity index is 1.01. The minimum Gasteiger partial charge on any atom is -0.491 e. The maximum absolute atomic E-state index is 11.8. The van der Waals surface area contributed by atoms with Gasteiger partial charge in [0.15, 0.2) is 0 Å². The molecular formula is C76H78N20O24S4. The van der Waals surface area contributed by atoms with Gasteiger partial charge in [-0.15, -0.1) is 8.67 Å². The van der Waals surface area contributed by atoms with Crippen molar-refractivity contribution in [3.05, 3.63) is 192 Å². The van der Waals surface area contributed by atoms with Crippen molar-refractivity contribution >= 4 is 172 Å². The molecule has 650 valence electrons. The van der Waals surface area contributed by atoms with Gasteiger partial charge in [0.05, 0.1) is 128 Å². The molecule has 0 radical (unpaired) electrons. The van der Waals surface area contributed by atoms with Crippen molar-refractivity contribution in [3.8, 4) is 23.0 Å². The van der Waals surface area contributed by atoms with Gasteiger partial charge in [-0.3, -0.25) is 9.11 Å². The molecule has 0 aliphatic carbocycles. The number of unbranched alkanes of at least 4 members (excludes halogenated alkanes) is 4. The Labute approximate surface area is 713 Å². The number of anilines is 10. The van der Waals surface area contributed by atoms with Gasteiger partial charge >= 0.3 is 23.9 Å². The first kappa shape index (κ1) is 92.6. The number of hydrogen-bond acceptors (Lipinski definition) is 40. The first-order chi connectivity index (χ1) is 59.9. The van der Waals surface area contributed by atoms with Crippen molar-refractivity contribution in [2.24, 2.45) is 40.9 Å². The molecule has 48 heteroatoms. The van der Waals surface area contributed by atoms with E-state index < -0.39 is 55.6 Å². The van der Waals surface area contributed by atoms with Gasteiger partial charge in [0.1, 0.15) is 23.0 Å². The molecule has 0 bridgehead atoms. The van der Waals surface area contributed by atoms with Crippen molar-refractivity contribution in [1.29, 1.82) is 0 Å². The highest BCUT2D eigenvalue weighted by Gasteiger charge is 2.20. The van der Waals surface area contributed by atoms with Crippen LogP contribution in [-0.4, -0.2) is 173 Å². The lowest BCUT2D eigenvalue weighted by molar-refractivity contribution is -0.432. The second-order valence-electron chi connectivity index (χ2n) is 25.6. The Kier molecular flexibility index (Phi) is 35.5. The lowest BCUT2D eigenvalue weighted by Gasteiger charge is -2.17. The molecule has 2 heterocycles. The zero-order valence-electron chi connectivity index (χ0n) is 64.9. The number of nitrogens with one attached hydrogen (secondary N) is 6. The summed E-state index contributed by atoms with van der Waals surface area (Å²) in [6.45, 7) is 0.0489. The van der Waals surface area contributed by atoms with Crippen LogP contribution in [0.4, 0.5) is 104 Å². The molecule has 0 spiro atoms. The SMILES string of the molecule is O=C(O)c1cccc(N=Nc2ccc(Nc3nc(NCCNc4nc(Nc5ccc(N=Nc6cccc(C(=O)O)c6)cc5OCCCCSOOO)nc(Nc5ccc(N=Nc6cccc(C(=O)O)c6)cc5OCCCCS(=O)(=O)O)n4)nc(Nc4ccc(N=Nc5cccc(C(=O)O)c5)cc4OCCCCS(=O)(=O)O)n3)c(OCCCCSOOO)c2)c1. The molecular weight excluding hydrogens is 1710 g/mol. The van der Waals surface area contributed by atoms with E-state index in [0.29, 0.717) is 37.2 Å². The Bertz CT molecular complexity index is 5370. The van der Waals surface area contributed by atoms with Crippen LogP contribution in [0.1, 0.15) is 92.8 Å². The number of azo groups is 4. The van der Waals surface area contributed by atoms with E-state index in [4.69, 9.17) is 59.4 Å². The number of hydrogen-bond donors (Lipinski definition) is 14. The van der Waals surface area contributed by atoms with Gasteiger partial charge in [0.2, 0.25) is 35.7 Å². The normalized spacial score (nSPS) is 11.6. The smallest absolute Gasteiger partial charge is 0.335 e. The summed E-state index contributed by atoms with van der Waals surface area (Å²) in [5, 5.41) is 117. The minimum absolute atomic E-state index is 0.0156. The first-order valence-corrected chi connectivity index (χ1v) is 42.2. The molecule has 44 nitrogen and oxygen atoms in total. The molecule has 2 aromatic heterocycles. The summed E-state index contributed by atoms with van der Waals surface area (Å²) in [6, 6.07) is 41.9. The maximum atomic E-state index is 11.8. The van der Waals surface area contributed by atoms with Gasteiger partial charge in [-0.05, 0) is 173 Å². The third-order valence-corrected chi connectivity index (χ3v) is 19.2. The van der Waals surface area contributed by atoms with E-state index in [1.165, 1.54) is 84.9 Å². The van der Waals surface area contributed by atoms with E-state index in [0.717, 1.165) is 24.1 Å². The Morgan fingerprint density at radius 3 is 0.806 bits per heavy atom. The molecule has 10 aromatic rings. The quantitative estimate of drug-likeness (QED) is 0.00420. The monoisotopic (exact) mass is 1780 g/mol. The van der Waals surface area contributed by atoms with Crippen LogP contribution in [-0.2, 0) is 39.0 Å². The lowest BCUT2D eigenvalue weighted by Crippen LogP contribution is -2.18. The summed E-state index contributed by atoms with van der Waals surface area (Å²) >= 11 is 1.73. The van der Waals surface area contributed by atoms with E-state index in [-0.39, 0.29) is 214 Å². The number of nitrogens with zero attached hydrogens (tertiary/aromatic N) is 14. The van der Waals surface area contributed by atoms with Crippen LogP contribution in [0.2, 0.25) is 0 Å². The molecule has 0 unspecified atom stereocenters. The lowest BCUT2D eigenvalue weighted by atomic mass is 10.2. The number of rotatable bonds is 53. The number of carboxylic acid groups (broad SMARTS) is 4. The van der Waals surface area contributed by atoms with Gasteiger partial charge in [-0.2, -0.15) is 87.7 Å². The van der Waals surface area contributed by atoms with Gasteiger partial charge in [0.25, 0.3) is 20.2 Å². The largest absolute Gasteiger partial charge is 0.491 e. The number of aromatic nitrogens is 6. The number of carbonyl (C=O) groups is 4. The molecule has 0 saturated carbocycles. The molecule has 0 amide bonds. The summed E-state index contributed by atoms with van der Waals surface area (Å²) in [5.41, 5.74) is 2.87. The zero-order chi connectivity index (χ0) is 88.1. The molecule has 8 aromatic carbocycles. The molecule has 0 aliphatic heterocycles. The highest BCUT2D eigenvalue weighted by Crippen LogP contribution is 2.39. The van der Waals surface area contributed by atoms with Gasteiger partial charge in [0, 0.05) is 72.9 Å². The van der Waals surface area contributed by atoms with Crippen LogP contribution in [0.25, 0.3) is 0 Å². The molecule has 14 N–H and O–H groups in total. The van der Waals surface area contributed by atoms with Gasteiger partial charge < -0.3 is 71.3 Å². The fourth-order valence-electron chi connectivity index (χ4n) is 10.6. The van der Waals surface area contributed by atoms with Gasteiger partial charge in [-0.1, -0.05) is 34.3 Å². The molecule has 0 fully saturated rings. The summed E-state index contributed by atoms with van der Waals surface area (Å²) in [6.07, 6.45) is 2.37. The Hall–Kier alpha value is -13.7. The summed E-state index contributed by atoms with van der Waals surface area (Å²) in [7, 11) is -8.62. The summed E-state index contributed by atoms with van der Waals surface area (Å²) in [4.78, 5) is 75.6. The van der Waals surface area contributed by atoms with E-state index in [1.807, 2.05) is 0 Å². The second kappa shape index (κ2) is 47.5. The van der Waals surface area contributed by atoms with Crippen molar-refractivity contribution < 1.29 is 114 Å². The molecule has 0 saturated heterocycles. The molecule has 0 aliphatic rings. The highest BCUT2D eigenvalue weighted by atomic mass is 32.2. The first-order valence-electron chi connectivity index (χ1n) is 37.1. The number of benzene rings is 8. The average Bonchev–Trinajstić information content (AvgIpc) is 0.821. The fraction of sp³-hybridized carbons (Fsp3) is 0.237. The molecule has 124 heavy (non-hydrogen) atoms. The summed E-state index contributed by atoms with van der Waals surface area (Å²) in [5.74, 6) is -4.87. The minimum atomic E-state index is -4.31. The number of aromatic carboxylic acids is 4. The van der Waals surface area contributed by atoms with E-state index >= 15 is 0 Å². The predicted octanol–water partition coefficient (Wildman–Crippen LogP) is 17.6. The van der Waals surface area contributed by atoms with Crippen molar-refractivity contribution in [2.75, 3.05) is 94.4 Å². The van der Waals surface area contributed by atoms with Gasteiger partial charge in [-0.25, -0.2) is 29.7 Å². The van der Waals surface area contributed by atoms with Crippen LogP contribution in [0.3, 0.4) is 0 Å². The summed E-state index contributed by atoms with van der Waals surface area (Å²) < 4.78 is 99.8. The van der Waals surface area contributed by atoms with Crippen molar-refractivity contribution in [1.82, 2.24) is 29.9 Å². The number of ether oxygens (including phenoxy) is 4. The highest BCUT2D eigenvalue weighted by molar-refractivity contribution is 7.94. The Morgan fingerprint density at radius 1 is 0.323 bits per heavy atom. The van der Waals surface area contributed by atoms with Crippen LogP contribution in [0.15, 0.2) is 211 Å². The van der Waals surface area contributed by atoms with Crippen LogP contribution in [0.5, 0.6) is 23.0 Å². The topological polar surface area (TPSA) is 621 Å². The molecule has 10 rings (SSSR count). The van der Waals surface area contributed by atoms with Crippen molar-refractivity contribution in [3.63, 3.8) is 0 Å². The zero-order valence-corrected chi connectivity index (χ0v) is 68.2. The maximum Gasteiger partial charge on any atom is 0.335 e. The molecule has 0 atom stereocenters.